The summed E-state index contributed by atoms with van der Waals surface area (Å²) < 4.78 is 0. The van der Waals surface area contributed by atoms with Crippen molar-refractivity contribution in [1.29, 1.82) is 0 Å². The van der Waals surface area contributed by atoms with E-state index < -0.39 is 0 Å². The summed E-state index contributed by atoms with van der Waals surface area (Å²) in [5.74, 6) is 1.90. The highest BCUT2D eigenvalue weighted by Gasteiger charge is 2.19. The number of nitrogens with one attached hydrogen (secondary N) is 2. The normalized spacial score (nSPS) is 14.8. The number of H-pyrrole nitrogens is 1. The number of anilines is 3. The Morgan fingerprint density at radius 3 is 2.66 bits per heavy atom. The number of aryl methyl sites for hydroxylation is 2. The van der Waals surface area contributed by atoms with Gasteiger partial charge in [-0.1, -0.05) is 19.1 Å². The van der Waals surface area contributed by atoms with Crippen LogP contribution in [-0.4, -0.2) is 33.0 Å². The molecule has 7 heteroatoms. The minimum absolute atomic E-state index is 0.223. The maximum Gasteiger partial charge on any atom is 0.252 e. The van der Waals surface area contributed by atoms with E-state index >= 15 is 0 Å². The first kappa shape index (κ1) is 19.1. The van der Waals surface area contributed by atoms with Crippen LogP contribution in [0, 0.1) is 19.8 Å². The Morgan fingerprint density at radius 1 is 1.14 bits per heavy atom. The first-order valence-electron chi connectivity index (χ1n) is 10.0. The Labute approximate surface area is 170 Å². The number of rotatable bonds is 4. The van der Waals surface area contributed by atoms with Crippen molar-refractivity contribution in [2.24, 2.45) is 5.92 Å². The van der Waals surface area contributed by atoms with Crippen LogP contribution in [0.4, 0.5) is 17.6 Å². The van der Waals surface area contributed by atoms with Crippen LogP contribution in [0.5, 0.6) is 0 Å². The van der Waals surface area contributed by atoms with Crippen molar-refractivity contribution in [2.75, 3.05) is 23.3 Å². The average Bonchev–Trinajstić information content (AvgIpc) is 2.68. The molecule has 0 atom stereocenters. The fourth-order valence-electron chi connectivity index (χ4n) is 3.58. The van der Waals surface area contributed by atoms with E-state index in [9.17, 15) is 4.79 Å². The van der Waals surface area contributed by atoms with Gasteiger partial charge in [-0.2, -0.15) is 0 Å². The number of benzene rings is 1. The highest BCUT2D eigenvalue weighted by molar-refractivity contribution is 5.64. The van der Waals surface area contributed by atoms with Crippen LogP contribution >= 0.6 is 0 Å². The Balaban J connectivity index is 1.61. The summed E-state index contributed by atoms with van der Waals surface area (Å²) >= 11 is 0. The van der Waals surface area contributed by atoms with Crippen LogP contribution in [0.1, 0.15) is 31.0 Å². The minimum atomic E-state index is -0.223. The highest BCUT2D eigenvalue weighted by atomic mass is 16.1. The molecule has 0 amide bonds. The molecule has 1 aliphatic rings. The topological polar surface area (TPSA) is 86.8 Å². The summed E-state index contributed by atoms with van der Waals surface area (Å²) in [4.78, 5) is 31.0. The number of nitrogens with zero attached hydrogens (tertiary/aromatic N) is 4. The molecule has 150 valence electrons. The molecule has 0 saturated carbocycles. The number of aromatic amines is 1. The predicted molar refractivity (Wildman–Crippen MR) is 116 cm³/mol. The lowest BCUT2D eigenvalue weighted by molar-refractivity contribution is 0.434. The van der Waals surface area contributed by atoms with E-state index in [1.807, 2.05) is 38.1 Å². The van der Waals surface area contributed by atoms with Gasteiger partial charge in [0.05, 0.1) is 11.4 Å². The zero-order valence-electron chi connectivity index (χ0n) is 17.1. The zero-order valence-corrected chi connectivity index (χ0v) is 17.1. The average molecular weight is 390 g/mol. The van der Waals surface area contributed by atoms with Crippen molar-refractivity contribution in [3.05, 3.63) is 58.1 Å². The molecule has 0 bridgehead atoms. The smallest absolute Gasteiger partial charge is 0.252 e. The third-order valence-electron chi connectivity index (χ3n) is 5.33. The largest absolute Gasteiger partial charge is 0.341 e. The van der Waals surface area contributed by atoms with Crippen molar-refractivity contribution in [1.82, 2.24) is 19.9 Å². The lowest BCUT2D eigenvalue weighted by Gasteiger charge is -2.30. The van der Waals surface area contributed by atoms with Gasteiger partial charge in [-0.15, -0.1) is 0 Å². The van der Waals surface area contributed by atoms with Gasteiger partial charge < -0.3 is 10.2 Å². The first-order chi connectivity index (χ1) is 14.0. The monoisotopic (exact) mass is 390 g/mol. The first-order valence-corrected chi connectivity index (χ1v) is 10.0. The molecule has 2 N–H and O–H groups in total. The van der Waals surface area contributed by atoms with Crippen LogP contribution in [0.15, 0.2) is 41.3 Å². The lowest BCUT2D eigenvalue weighted by atomic mass is 10.00. The van der Waals surface area contributed by atoms with Crippen molar-refractivity contribution >= 4 is 17.6 Å². The standard InChI is InChI=1S/C22H26N6O/c1-14-7-9-28(10-8-14)22-23-13-18(16(3)24-22)19-12-20(29)27-21(26-19)25-17-6-4-5-15(2)11-17/h4-6,11-14H,7-10H2,1-3H3,(H2,25,26,27,29). The van der Waals surface area contributed by atoms with Gasteiger partial charge in [0, 0.05) is 36.6 Å². The molecule has 3 aromatic rings. The lowest BCUT2D eigenvalue weighted by Crippen LogP contribution is -2.34. The van der Waals surface area contributed by atoms with Crippen molar-refractivity contribution in [2.45, 2.75) is 33.6 Å². The van der Waals surface area contributed by atoms with Gasteiger partial charge in [-0.05, 0) is 50.3 Å². The summed E-state index contributed by atoms with van der Waals surface area (Å²) in [5.41, 5.74) is 3.90. The van der Waals surface area contributed by atoms with Crippen molar-refractivity contribution in [3.63, 3.8) is 0 Å². The molecule has 0 aliphatic carbocycles. The quantitative estimate of drug-likeness (QED) is 0.704. The number of hydrogen-bond donors (Lipinski definition) is 2. The van der Waals surface area contributed by atoms with E-state index in [4.69, 9.17) is 4.98 Å². The number of hydrogen-bond acceptors (Lipinski definition) is 6. The fourth-order valence-corrected chi connectivity index (χ4v) is 3.58. The van der Waals surface area contributed by atoms with E-state index in [0.29, 0.717) is 11.6 Å². The molecular weight excluding hydrogens is 364 g/mol. The molecule has 0 unspecified atom stereocenters. The molecule has 1 aromatic carbocycles. The van der Waals surface area contributed by atoms with Crippen LogP contribution < -0.4 is 15.8 Å². The van der Waals surface area contributed by atoms with Gasteiger partial charge in [0.1, 0.15) is 0 Å². The summed E-state index contributed by atoms with van der Waals surface area (Å²) in [6, 6.07) is 9.38. The summed E-state index contributed by atoms with van der Waals surface area (Å²) in [6.45, 7) is 8.20. The van der Waals surface area contributed by atoms with Crippen LogP contribution in [0.3, 0.4) is 0 Å². The highest BCUT2D eigenvalue weighted by Crippen LogP contribution is 2.24. The predicted octanol–water partition coefficient (Wildman–Crippen LogP) is 3.82. The Kier molecular flexibility index (Phi) is 5.29. The molecule has 0 radical (unpaired) electrons. The second kappa shape index (κ2) is 8.03. The third-order valence-corrected chi connectivity index (χ3v) is 5.33. The fraction of sp³-hybridized carbons (Fsp3) is 0.364. The van der Waals surface area contributed by atoms with Crippen LogP contribution in [0.25, 0.3) is 11.3 Å². The molecule has 4 rings (SSSR count). The molecule has 0 spiro atoms. The van der Waals surface area contributed by atoms with Crippen LogP contribution in [0.2, 0.25) is 0 Å². The molecule has 1 saturated heterocycles. The third kappa shape index (κ3) is 4.45. The molecule has 3 heterocycles. The van der Waals surface area contributed by atoms with Crippen molar-refractivity contribution < 1.29 is 0 Å². The van der Waals surface area contributed by atoms with Gasteiger partial charge in [-0.25, -0.2) is 15.0 Å². The van der Waals surface area contributed by atoms with Gasteiger partial charge in [0.25, 0.3) is 5.56 Å². The van der Waals surface area contributed by atoms with E-state index in [1.54, 1.807) is 6.20 Å². The van der Waals surface area contributed by atoms with E-state index in [2.05, 4.69) is 32.1 Å². The summed E-state index contributed by atoms with van der Waals surface area (Å²) in [5, 5.41) is 3.17. The second-order valence-corrected chi connectivity index (χ2v) is 7.81. The maximum atomic E-state index is 12.2. The number of aromatic nitrogens is 4. The second-order valence-electron chi connectivity index (χ2n) is 7.81. The van der Waals surface area contributed by atoms with E-state index in [0.717, 1.165) is 60.3 Å². The van der Waals surface area contributed by atoms with E-state index in [-0.39, 0.29) is 5.56 Å². The van der Waals surface area contributed by atoms with Gasteiger partial charge in [-0.3, -0.25) is 9.78 Å². The molecule has 2 aromatic heterocycles. The SMILES string of the molecule is Cc1cccc(Nc2nc(-c3cnc(N4CCC(C)CC4)nc3C)cc(=O)[nH]2)c1. The Morgan fingerprint density at radius 2 is 1.93 bits per heavy atom. The zero-order chi connectivity index (χ0) is 20.4. The van der Waals surface area contributed by atoms with E-state index in [1.165, 1.54) is 6.07 Å². The Bertz CT molecular complexity index is 1070. The van der Waals surface area contributed by atoms with Gasteiger partial charge in [0.2, 0.25) is 11.9 Å². The minimum Gasteiger partial charge on any atom is -0.341 e. The molecule has 1 fully saturated rings. The molecule has 29 heavy (non-hydrogen) atoms. The molecular formula is C22H26N6O. The van der Waals surface area contributed by atoms with Crippen LogP contribution in [-0.2, 0) is 0 Å². The van der Waals surface area contributed by atoms with Crippen molar-refractivity contribution in [3.8, 4) is 11.3 Å². The van der Waals surface area contributed by atoms with Gasteiger partial charge in [0.15, 0.2) is 0 Å². The summed E-state index contributed by atoms with van der Waals surface area (Å²) in [7, 11) is 0. The summed E-state index contributed by atoms with van der Waals surface area (Å²) in [6.07, 6.45) is 4.09. The molecule has 7 nitrogen and oxygen atoms in total. The number of piperidine rings is 1. The molecule has 1 aliphatic heterocycles. The maximum absolute atomic E-state index is 12.2. The Hall–Kier alpha value is -3.22. The van der Waals surface area contributed by atoms with Gasteiger partial charge >= 0.3 is 0 Å².